The van der Waals surface area contributed by atoms with Crippen LogP contribution in [0.25, 0.3) is 11.0 Å². The van der Waals surface area contributed by atoms with Crippen molar-refractivity contribution in [3.05, 3.63) is 24.0 Å². The lowest BCUT2D eigenvalue weighted by Gasteiger charge is -2.31. The van der Waals surface area contributed by atoms with Crippen molar-refractivity contribution in [1.29, 1.82) is 0 Å². The number of hydrogen-bond donors (Lipinski definition) is 1. The molecular formula is C19H25ClN3O5-. The molecule has 0 saturated carbocycles. The molecule has 3 rings (SSSR count). The molecule has 1 aromatic heterocycles. The van der Waals surface area contributed by atoms with E-state index in [4.69, 9.17) is 13.9 Å². The number of furan rings is 1. The van der Waals surface area contributed by atoms with Crippen molar-refractivity contribution < 1.29 is 35.9 Å². The summed E-state index contributed by atoms with van der Waals surface area (Å²) < 4.78 is 16.0. The fourth-order valence-corrected chi connectivity index (χ4v) is 3.06. The van der Waals surface area contributed by atoms with E-state index in [0.29, 0.717) is 22.4 Å². The number of benzene rings is 1. The van der Waals surface area contributed by atoms with Gasteiger partial charge in [-0.05, 0) is 32.2 Å². The summed E-state index contributed by atoms with van der Waals surface area (Å²) >= 11 is 0. The first-order chi connectivity index (χ1) is 13.0. The Morgan fingerprint density at radius 2 is 1.93 bits per heavy atom. The maximum atomic E-state index is 12.6. The monoisotopic (exact) mass is 410 g/mol. The number of amides is 1. The largest absolute Gasteiger partial charge is 1.00 e. The summed E-state index contributed by atoms with van der Waals surface area (Å²) in [4.78, 5) is 29.2. The lowest BCUT2D eigenvalue weighted by atomic mass is 10.2. The molecule has 1 amide bonds. The van der Waals surface area contributed by atoms with Crippen LogP contribution in [0.3, 0.4) is 0 Å². The molecule has 1 saturated heterocycles. The number of piperazine rings is 1. The Bertz CT molecular complexity index is 830. The zero-order valence-electron chi connectivity index (χ0n) is 16.3. The highest BCUT2D eigenvalue weighted by Crippen LogP contribution is 2.34. The van der Waals surface area contributed by atoms with Crippen molar-refractivity contribution in [3.8, 4) is 5.75 Å². The maximum absolute atomic E-state index is 12.6. The van der Waals surface area contributed by atoms with Gasteiger partial charge in [0.2, 0.25) is 11.7 Å². The Morgan fingerprint density at radius 1 is 1.21 bits per heavy atom. The molecule has 154 valence electrons. The van der Waals surface area contributed by atoms with Crippen molar-refractivity contribution in [2.24, 2.45) is 0 Å². The summed E-state index contributed by atoms with van der Waals surface area (Å²) in [6.07, 6.45) is 0. The van der Waals surface area contributed by atoms with E-state index in [1.807, 2.05) is 0 Å². The van der Waals surface area contributed by atoms with Crippen molar-refractivity contribution in [1.82, 2.24) is 9.80 Å². The number of hydrogen-bond acceptors (Lipinski definition) is 7. The number of anilines is 1. The van der Waals surface area contributed by atoms with Crippen LogP contribution in [0.1, 0.15) is 17.5 Å². The highest BCUT2D eigenvalue weighted by molar-refractivity contribution is 6.10. The van der Waals surface area contributed by atoms with Crippen LogP contribution in [0.15, 0.2) is 22.6 Å². The van der Waals surface area contributed by atoms with Crippen LogP contribution in [-0.4, -0.2) is 75.2 Å². The third kappa shape index (κ3) is 4.95. The first-order valence-electron chi connectivity index (χ1n) is 9.00. The van der Waals surface area contributed by atoms with Crippen molar-refractivity contribution in [2.45, 2.75) is 6.92 Å². The molecule has 9 heteroatoms. The molecule has 0 bridgehead atoms. The van der Waals surface area contributed by atoms with Crippen LogP contribution in [0, 0.1) is 0 Å². The van der Waals surface area contributed by atoms with Gasteiger partial charge >= 0.3 is 5.97 Å². The van der Waals surface area contributed by atoms with Crippen LogP contribution >= 0.6 is 0 Å². The van der Waals surface area contributed by atoms with Gasteiger partial charge in [-0.15, -0.1) is 0 Å². The normalized spacial score (nSPS) is 15.1. The van der Waals surface area contributed by atoms with Gasteiger partial charge in [-0.2, -0.15) is 0 Å². The fraction of sp³-hybridized carbons (Fsp3) is 0.474. The standard InChI is InChI=1S/C19H25N3O5.ClH/c1-4-26-19(24)18-17(14-11-13(25-3)5-6-15(14)27-18)20-16(23)12-22-9-7-21(2)8-10-22;/h5-6,11H,4,7-10,12H2,1-3H3,(H,20,23);1H/p-1. The summed E-state index contributed by atoms with van der Waals surface area (Å²) in [6, 6.07) is 5.16. The Balaban J connectivity index is 0.00000280. The average molecular weight is 411 g/mol. The smallest absolute Gasteiger partial charge is 0.376 e. The van der Waals surface area contributed by atoms with Gasteiger partial charge in [-0.25, -0.2) is 4.79 Å². The third-order valence-electron chi connectivity index (χ3n) is 4.58. The summed E-state index contributed by atoms with van der Waals surface area (Å²) in [6.45, 7) is 5.69. The lowest BCUT2D eigenvalue weighted by Crippen LogP contribution is -3.00. The van der Waals surface area contributed by atoms with Crippen LogP contribution in [0.5, 0.6) is 5.75 Å². The molecule has 1 fully saturated rings. The Labute approximate surface area is 170 Å². The quantitative estimate of drug-likeness (QED) is 0.599. The van der Waals surface area contributed by atoms with Crippen molar-refractivity contribution in [2.75, 3.05) is 58.8 Å². The fourth-order valence-electron chi connectivity index (χ4n) is 3.06. The number of nitrogens with zero attached hydrogens (tertiary/aromatic N) is 2. The predicted molar refractivity (Wildman–Crippen MR) is 101 cm³/mol. The Kier molecular flexibility index (Phi) is 7.68. The number of halogens is 1. The number of fused-ring (bicyclic) bond motifs is 1. The van der Waals surface area contributed by atoms with Gasteiger partial charge < -0.3 is 36.5 Å². The molecular weight excluding hydrogens is 386 g/mol. The maximum Gasteiger partial charge on any atom is 0.376 e. The average Bonchev–Trinajstić information content (AvgIpc) is 3.01. The third-order valence-corrected chi connectivity index (χ3v) is 4.58. The second kappa shape index (κ2) is 9.77. The molecule has 0 radical (unpaired) electrons. The highest BCUT2D eigenvalue weighted by atomic mass is 35.5. The molecule has 1 aromatic carbocycles. The number of carbonyl (C=O) groups is 2. The molecule has 0 atom stereocenters. The summed E-state index contributed by atoms with van der Waals surface area (Å²) in [5.74, 6) is -0.210. The molecule has 8 nitrogen and oxygen atoms in total. The SMILES string of the molecule is CCOC(=O)c1oc2ccc(OC)cc2c1NC(=O)CN1CCN(C)CC1.[Cl-]. The molecule has 0 spiro atoms. The molecule has 28 heavy (non-hydrogen) atoms. The molecule has 2 aromatic rings. The molecule has 0 unspecified atom stereocenters. The topological polar surface area (TPSA) is 84.2 Å². The summed E-state index contributed by atoms with van der Waals surface area (Å²) in [7, 11) is 3.62. The molecule has 1 aliphatic heterocycles. The van der Waals surface area contributed by atoms with Gasteiger partial charge in [0.15, 0.2) is 0 Å². The Hall–Kier alpha value is -2.29. The van der Waals surface area contributed by atoms with Gasteiger partial charge in [-0.3, -0.25) is 9.69 Å². The van der Waals surface area contributed by atoms with Gasteiger partial charge in [0, 0.05) is 31.6 Å². The molecule has 1 N–H and O–H groups in total. The van der Waals surface area contributed by atoms with Gasteiger partial charge in [0.1, 0.15) is 17.0 Å². The van der Waals surface area contributed by atoms with E-state index in [1.165, 1.54) is 0 Å². The number of rotatable bonds is 6. The van der Waals surface area contributed by atoms with E-state index in [1.54, 1.807) is 32.2 Å². The number of esters is 1. The van der Waals surface area contributed by atoms with Crippen molar-refractivity contribution in [3.63, 3.8) is 0 Å². The van der Waals surface area contributed by atoms with Crippen molar-refractivity contribution >= 4 is 28.5 Å². The number of carbonyl (C=O) groups excluding carboxylic acids is 2. The Morgan fingerprint density at radius 3 is 2.57 bits per heavy atom. The van der Waals surface area contributed by atoms with E-state index >= 15 is 0 Å². The lowest BCUT2D eigenvalue weighted by molar-refractivity contribution is -0.117. The van der Waals surface area contributed by atoms with E-state index < -0.39 is 5.97 Å². The number of ether oxygens (including phenoxy) is 2. The first kappa shape index (κ1) is 22.0. The number of nitrogens with one attached hydrogen (secondary N) is 1. The van der Waals surface area contributed by atoms with Crippen LogP contribution < -0.4 is 22.5 Å². The van der Waals surface area contributed by atoms with Gasteiger partial charge in [-0.1, -0.05) is 0 Å². The molecule has 2 heterocycles. The second-order valence-electron chi connectivity index (χ2n) is 6.52. The first-order valence-corrected chi connectivity index (χ1v) is 9.00. The zero-order valence-corrected chi connectivity index (χ0v) is 17.0. The predicted octanol–water partition coefficient (Wildman–Crippen LogP) is -1.19. The molecule has 1 aliphatic rings. The highest BCUT2D eigenvalue weighted by Gasteiger charge is 2.25. The minimum Gasteiger partial charge on any atom is -1.00 e. The van der Waals surface area contributed by atoms with Gasteiger partial charge in [0.25, 0.3) is 0 Å². The van der Waals surface area contributed by atoms with E-state index in [0.717, 1.165) is 26.2 Å². The van der Waals surface area contributed by atoms with Crippen LogP contribution in [-0.2, 0) is 9.53 Å². The van der Waals surface area contributed by atoms with E-state index in [9.17, 15) is 9.59 Å². The second-order valence-corrected chi connectivity index (χ2v) is 6.52. The van der Waals surface area contributed by atoms with Crippen LogP contribution in [0.4, 0.5) is 5.69 Å². The van der Waals surface area contributed by atoms with E-state index in [2.05, 4.69) is 22.2 Å². The van der Waals surface area contributed by atoms with Crippen LogP contribution in [0.2, 0.25) is 0 Å². The molecule has 0 aliphatic carbocycles. The minimum absolute atomic E-state index is 0. The van der Waals surface area contributed by atoms with Gasteiger partial charge in [0.05, 0.1) is 20.3 Å². The number of methoxy groups -OCH3 is 1. The summed E-state index contributed by atoms with van der Waals surface area (Å²) in [5.41, 5.74) is 0.801. The minimum atomic E-state index is -0.609. The van der Waals surface area contributed by atoms with E-state index in [-0.39, 0.29) is 37.2 Å². The summed E-state index contributed by atoms with van der Waals surface area (Å²) in [5, 5.41) is 3.44. The zero-order chi connectivity index (χ0) is 19.4. The number of likely N-dealkylation sites (N-methyl/N-ethyl adjacent to an activating group) is 1.